The van der Waals surface area contributed by atoms with Gasteiger partial charge in [-0.15, -0.1) is 0 Å². The van der Waals surface area contributed by atoms with Crippen LogP contribution in [0.3, 0.4) is 0 Å². The number of hydrogen-bond acceptors (Lipinski definition) is 5. The fourth-order valence-corrected chi connectivity index (χ4v) is 7.10. The van der Waals surface area contributed by atoms with Crippen LogP contribution in [0.25, 0.3) is 0 Å². The highest BCUT2D eigenvalue weighted by molar-refractivity contribution is 6.42. The molecule has 182 valence electrons. The van der Waals surface area contributed by atoms with Gasteiger partial charge in [-0.2, -0.15) is 10.2 Å². The number of rotatable bonds is 6. The molecule has 1 amide bonds. The summed E-state index contributed by atoms with van der Waals surface area (Å²) in [5.41, 5.74) is 0.687. The number of nitrogens with one attached hydrogen (secondary N) is 1. The van der Waals surface area contributed by atoms with Crippen molar-refractivity contribution in [2.75, 3.05) is 5.32 Å². The van der Waals surface area contributed by atoms with Gasteiger partial charge in [0.25, 0.3) is 5.91 Å². The van der Waals surface area contributed by atoms with Gasteiger partial charge in [-0.25, -0.2) is 0 Å². The summed E-state index contributed by atoms with van der Waals surface area (Å²) < 4.78 is 3.38. The van der Waals surface area contributed by atoms with E-state index in [4.69, 9.17) is 23.2 Å². The Labute approximate surface area is 211 Å². The van der Waals surface area contributed by atoms with E-state index in [1.54, 1.807) is 27.7 Å². The molecule has 4 saturated carbocycles. The zero-order chi connectivity index (χ0) is 24.3. The molecular weight excluding hydrogens is 491 g/mol. The number of hydrogen-bond donors (Lipinski definition) is 1. The number of anilines is 1. The molecule has 1 N–H and O–H groups in total. The zero-order valence-electron chi connectivity index (χ0n) is 18.9. The van der Waals surface area contributed by atoms with Crippen LogP contribution in [0.5, 0.6) is 0 Å². The second kappa shape index (κ2) is 8.34. The molecule has 4 bridgehead atoms. The Hall–Kier alpha value is -2.91. The topological polar surface area (TPSA) is 108 Å². The van der Waals surface area contributed by atoms with Crippen molar-refractivity contribution in [3.8, 4) is 0 Å². The van der Waals surface area contributed by atoms with Gasteiger partial charge in [-0.05, 0) is 74.0 Å². The molecule has 2 aromatic heterocycles. The highest BCUT2D eigenvalue weighted by Crippen LogP contribution is 2.58. The lowest BCUT2D eigenvalue weighted by Gasteiger charge is -2.56. The summed E-state index contributed by atoms with van der Waals surface area (Å²) in [6, 6.07) is 5.31. The minimum Gasteiger partial charge on any atom is -0.318 e. The number of benzene rings is 1. The molecule has 11 heteroatoms. The van der Waals surface area contributed by atoms with Crippen LogP contribution in [-0.4, -0.2) is 30.4 Å². The van der Waals surface area contributed by atoms with Crippen LogP contribution < -0.4 is 5.32 Å². The van der Waals surface area contributed by atoms with Crippen LogP contribution in [-0.2, 0) is 12.1 Å². The van der Waals surface area contributed by atoms with Crippen molar-refractivity contribution in [3.05, 3.63) is 68.2 Å². The van der Waals surface area contributed by atoms with E-state index in [0.717, 1.165) is 24.8 Å². The Morgan fingerprint density at radius 2 is 1.80 bits per heavy atom. The molecule has 0 unspecified atom stereocenters. The van der Waals surface area contributed by atoms with Crippen molar-refractivity contribution < 1.29 is 9.72 Å². The normalized spacial score (nSPS) is 26.7. The largest absolute Gasteiger partial charge is 0.320 e. The van der Waals surface area contributed by atoms with Crippen molar-refractivity contribution >= 4 is 40.5 Å². The van der Waals surface area contributed by atoms with Crippen LogP contribution in [0, 0.1) is 27.9 Å². The van der Waals surface area contributed by atoms with Crippen LogP contribution in [0.2, 0.25) is 10.0 Å². The standard InChI is InChI=1S/C24H24Cl2N6O3/c25-19-2-1-14(6-20(19)26)11-30-12-18(10-27-30)28-23(33)22-21(32(34)35)13-31(29-22)24-7-15-3-16(8-24)5-17(4-15)9-24/h1-2,6,10,12-13,15-17H,3-5,7-9,11H2,(H,28,33). The van der Waals surface area contributed by atoms with Gasteiger partial charge < -0.3 is 5.32 Å². The average molecular weight is 515 g/mol. The molecule has 2 heterocycles. The van der Waals surface area contributed by atoms with Crippen molar-refractivity contribution in [2.45, 2.75) is 50.6 Å². The van der Waals surface area contributed by atoms with Gasteiger partial charge in [-0.3, -0.25) is 24.3 Å². The lowest BCUT2D eigenvalue weighted by molar-refractivity contribution is -0.385. The molecule has 35 heavy (non-hydrogen) atoms. The van der Waals surface area contributed by atoms with Crippen molar-refractivity contribution in [3.63, 3.8) is 0 Å². The van der Waals surface area contributed by atoms with Crippen molar-refractivity contribution in [1.82, 2.24) is 19.6 Å². The van der Waals surface area contributed by atoms with Crippen LogP contribution in [0.15, 0.2) is 36.8 Å². The van der Waals surface area contributed by atoms with Crippen LogP contribution in [0.4, 0.5) is 11.4 Å². The summed E-state index contributed by atoms with van der Waals surface area (Å²) in [4.78, 5) is 24.4. The molecule has 1 aromatic carbocycles. The summed E-state index contributed by atoms with van der Waals surface area (Å²) in [6.45, 7) is 0.424. The molecule has 0 atom stereocenters. The molecule has 0 aliphatic heterocycles. The van der Waals surface area contributed by atoms with E-state index in [9.17, 15) is 14.9 Å². The van der Waals surface area contributed by atoms with E-state index >= 15 is 0 Å². The third-order valence-corrected chi connectivity index (χ3v) is 8.56. The summed E-state index contributed by atoms with van der Waals surface area (Å²) in [5.74, 6) is 1.35. The molecular formula is C24H24Cl2N6O3. The zero-order valence-corrected chi connectivity index (χ0v) is 20.4. The lowest BCUT2D eigenvalue weighted by Crippen LogP contribution is -2.52. The molecule has 4 aliphatic rings. The number of carbonyl (C=O) groups excluding carboxylic acids is 1. The average Bonchev–Trinajstić information content (AvgIpc) is 3.43. The number of aromatic nitrogens is 4. The van der Waals surface area contributed by atoms with Gasteiger partial charge in [0.05, 0.1) is 38.9 Å². The van der Waals surface area contributed by atoms with Crippen molar-refractivity contribution in [2.24, 2.45) is 17.8 Å². The molecule has 9 nitrogen and oxygen atoms in total. The Balaban J connectivity index is 1.22. The van der Waals surface area contributed by atoms with Crippen LogP contribution >= 0.6 is 23.2 Å². The van der Waals surface area contributed by atoms with E-state index in [2.05, 4.69) is 15.5 Å². The van der Waals surface area contributed by atoms with E-state index in [-0.39, 0.29) is 16.9 Å². The number of amides is 1. The summed E-state index contributed by atoms with van der Waals surface area (Å²) >= 11 is 12.0. The molecule has 4 fully saturated rings. The fourth-order valence-electron chi connectivity index (χ4n) is 6.78. The predicted molar refractivity (Wildman–Crippen MR) is 131 cm³/mol. The predicted octanol–water partition coefficient (Wildman–Crippen LogP) is 5.52. The van der Waals surface area contributed by atoms with E-state index in [1.807, 2.05) is 6.07 Å². The first-order chi connectivity index (χ1) is 16.8. The van der Waals surface area contributed by atoms with Gasteiger partial charge in [0, 0.05) is 6.20 Å². The Bertz CT molecular complexity index is 1300. The van der Waals surface area contributed by atoms with Gasteiger partial charge in [0.1, 0.15) is 6.20 Å². The van der Waals surface area contributed by atoms with E-state index in [1.165, 1.54) is 31.7 Å². The third-order valence-electron chi connectivity index (χ3n) is 7.82. The van der Waals surface area contributed by atoms with Gasteiger partial charge in [0.2, 0.25) is 5.69 Å². The Morgan fingerprint density at radius 1 is 1.11 bits per heavy atom. The number of halogens is 2. The first-order valence-electron chi connectivity index (χ1n) is 11.8. The number of nitro groups is 1. The lowest BCUT2D eigenvalue weighted by atomic mass is 9.53. The maximum Gasteiger partial charge on any atom is 0.320 e. The van der Waals surface area contributed by atoms with E-state index in [0.29, 0.717) is 40.0 Å². The smallest absolute Gasteiger partial charge is 0.318 e. The maximum absolute atomic E-state index is 13.1. The Kier molecular flexibility index (Phi) is 5.37. The second-order valence-corrected chi connectivity index (χ2v) is 11.2. The quantitative estimate of drug-likeness (QED) is 0.344. The molecule has 0 spiro atoms. The van der Waals surface area contributed by atoms with Gasteiger partial charge in [0.15, 0.2) is 0 Å². The highest BCUT2D eigenvalue weighted by atomic mass is 35.5. The maximum atomic E-state index is 13.1. The molecule has 3 aromatic rings. The SMILES string of the molecule is O=C(Nc1cnn(Cc2ccc(Cl)c(Cl)c2)c1)c1nn(C23CC4CC(CC(C4)C2)C3)cc1[N+](=O)[O-]. The van der Waals surface area contributed by atoms with E-state index < -0.39 is 10.8 Å². The second-order valence-electron chi connectivity index (χ2n) is 10.3. The molecule has 7 rings (SSSR count). The first-order valence-corrected chi connectivity index (χ1v) is 12.6. The molecule has 4 aliphatic carbocycles. The number of carbonyl (C=O) groups is 1. The molecule has 0 saturated heterocycles. The van der Waals surface area contributed by atoms with Gasteiger partial charge >= 0.3 is 5.69 Å². The highest BCUT2D eigenvalue weighted by Gasteiger charge is 2.53. The van der Waals surface area contributed by atoms with Crippen LogP contribution in [0.1, 0.15) is 54.6 Å². The third kappa shape index (κ3) is 4.10. The number of nitrogens with zero attached hydrogens (tertiary/aromatic N) is 5. The molecule has 0 radical (unpaired) electrons. The monoisotopic (exact) mass is 514 g/mol. The Morgan fingerprint density at radius 3 is 2.43 bits per heavy atom. The summed E-state index contributed by atoms with van der Waals surface area (Å²) in [7, 11) is 0. The van der Waals surface area contributed by atoms with Crippen molar-refractivity contribution in [1.29, 1.82) is 0 Å². The minimum atomic E-state index is -0.616. The van der Waals surface area contributed by atoms with Gasteiger partial charge in [-0.1, -0.05) is 29.3 Å². The summed E-state index contributed by atoms with van der Waals surface area (Å²) in [6.07, 6.45) is 11.3. The summed E-state index contributed by atoms with van der Waals surface area (Å²) in [5, 5.41) is 24.2. The minimum absolute atomic E-state index is 0.164. The fraction of sp³-hybridized carbons (Fsp3) is 0.458. The first kappa shape index (κ1) is 22.5.